The molecule has 6 heteroatoms. The van der Waals surface area contributed by atoms with Gasteiger partial charge in [-0.05, 0) is 43.3 Å². The number of halogens is 2. The van der Waals surface area contributed by atoms with Crippen LogP contribution in [0.25, 0.3) is 10.9 Å². The molecular formula is C22H25Cl2N3S. The number of benzene rings is 2. The summed E-state index contributed by atoms with van der Waals surface area (Å²) in [6.45, 7) is 7.71. The van der Waals surface area contributed by atoms with Crippen molar-refractivity contribution >= 4 is 51.6 Å². The summed E-state index contributed by atoms with van der Waals surface area (Å²) in [6, 6.07) is 14.4. The number of piperazine rings is 1. The van der Waals surface area contributed by atoms with E-state index >= 15 is 0 Å². The summed E-state index contributed by atoms with van der Waals surface area (Å²) >= 11 is 14.4. The zero-order valence-corrected chi connectivity index (χ0v) is 18.3. The van der Waals surface area contributed by atoms with Crippen molar-refractivity contribution in [2.45, 2.75) is 23.5 Å². The molecule has 0 bridgehead atoms. The molecule has 3 aromatic rings. The first kappa shape index (κ1) is 20.0. The lowest BCUT2D eigenvalue weighted by atomic mass is 10.1. The molecule has 0 amide bonds. The Morgan fingerprint density at radius 1 is 1.00 bits per heavy atom. The van der Waals surface area contributed by atoms with E-state index in [1.165, 1.54) is 16.6 Å². The van der Waals surface area contributed by atoms with Crippen molar-refractivity contribution in [3.8, 4) is 0 Å². The standard InChI is InChI=1S/C22H25Cl2N3S/c1-16(28-22-18(23)4-2-5-19(22)24)9-11-26-12-14-27(15-13-26)21-7-3-6-20-17(21)8-10-25-20/h2-8,10,16,25H,9,11-15H2,1H3. The highest BCUT2D eigenvalue weighted by Crippen LogP contribution is 2.37. The minimum absolute atomic E-state index is 0.476. The fourth-order valence-electron chi connectivity index (χ4n) is 3.78. The van der Waals surface area contributed by atoms with E-state index in [-0.39, 0.29) is 0 Å². The maximum Gasteiger partial charge on any atom is 0.0557 e. The Balaban J connectivity index is 1.28. The predicted octanol–water partition coefficient (Wildman–Crippen LogP) is 6.17. The minimum atomic E-state index is 0.476. The molecule has 1 N–H and O–H groups in total. The molecule has 1 fully saturated rings. The summed E-state index contributed by atoms with van der Waals surface area (Å²) in [7, 11) is 0. The number of nitrogens with one attached hydrogen (secondary N) is 1. The highest BCUT2D eigenvalue weighted by Gasteiger charge is 2.20. The smallest absolute Gasteiger partial charge is 0.0557 e. The molecular weight excluding hydrogens is 409 g/mol. The normalized spacial score (nSPS) is 16.6. The van der Waals surface area contributed by atoms with Gasteiger partial charge in [-0.1, -0.05) is 42.3 Å². The topological polar surface area (TPSA) is 22.3 Å². The lowest BCUT2D eigenvalue weighted by Gasteiger charge is -2.36. The van der Waals surface area contributed by atoms with Crippen LogP contribution in [0.1, 0.15) is 13.3 Å². The van der Waals surface area contributed by atoms with Gasteiger partial charge in [-0.15, -0.1) is 11.8 Å². The fraction of sp³-hybridized carbons (Fsp3) is 0.364. The van der Waals surface area contributed by atoms with Gasteiger partial charge in [-0.2, -0.15) is 0 Å². The van der Waals surface area contributed by atoms with Crippen molar-refractivity contribution in [3.63, 3.8) is 0 Å². The maximum atomic E-state index is 6.31. The molecule has 0 radical (unpaired) electrons. The lowest BCUT2D eigenvalue weighted by molar-refractivity contribution is 0.255. The first-order valence-electron chi connectivity index (χ1n) is 9.76. The Kier molecular flexibility index (Phi) is 6.42. The molecule has 28 heavy (non-hydrogen) atoms. The highest BCUT2D eigenvalue weighted by atomic mass is 35.5. The SMILES string of the molecule is CC(CCN1CCN(c2cccc3[nH]ccc23)CC1)Sc1c(Cl)cccc1Cl. The molecule has 2 heterocycles. The van der Waals surface area contributed by atoms with E-state index in [1.54, 1.807) is 11.8 Å². The molecule has 1 aliphatic rings. The van der Waals surface area contributed by atoms with Crippen LogP contribution < -0.4 is 4.90 Å². The van der Waals surface area contributed by atoms with Gasteiger partial charge in [-0.3, -0.25) is 4.90 Å². The number of aromatic amines is 1. The molecule has 1 unspecified atom stereocenters. The van der Waals surface area contributed by atoms with Gasteiger partial charge in [0.05, 0.1) is 10.0 Å². The number of H-pyrrole nitrogens is 1. The molecule has 2 aromatic carbocycles. The number of aromatic nitrogens is 1. The van der Waals surface area contributed by atoms with E-state index in [0.29, 0.717) is 5.25 Å². The Morgan fingerprint density at radius 3 is 2.46 bits per heavy atom. The van der Waals surface area contributed by atoms with Gasteiger partial charge in [0.15, 0.2) is 0 Å². The van der Waals surface area contributed by atoms with Crippen molar-refractivity contribution < 1.29 is 0 Å². The molecule has 3 nitrogen and oxygen atoms in total. The van der Waals surface area contributed by atoms with Crippen molar-refractivity contribution in [3.05, 3.63) is 58.7 Å². The molecule has 0 spiro atoms. The molecule has 0 saturated carbocycles. The third-order valence-corrected chi connectivity index (χ3v) is 7.54. The second kappa shape index (κ2) is 9.00. The first-order valence-corrected chi connectivity index (χ1v) is 11.4. The highest BCUT2D eigenvalue weighted by molar-refractivity contribution is 8.00. The van der Waals surface area contributed by atoms with Crippen LogP contribution in [0.15, 0.2) is 53.6 Å². The Bertz CT molecular complexity index is 914. The average molecular weight is 434 g/mol. The summed E-state index contributed by atoms with van der Waals surface area (Å²) in [4.78, 5) is 9.39. The molecule has 1 saturated heterocycles. The van der Waals surface area contributed by atoms with Crippen LogP contribution in [-0.4, -0.2) is 47.9 Å². The first-order chi connectivity index (χ1) is 13.6. The second-order valence-electron chi connectivity index (χ2n) is 7.31. The van der Waals surface area contributed by atoms with Gasteiger partial charge in [0.1, 0.15) is 0 Å². The number of rotatable bonds is 6. The number of hydrogen-bond donors (Lipinski definition) is 1. The Morgan fingerprint density at radius 2 is 1.71 bits per heavy atom. The van der Waals surface area contributed by atoms with Crippen molar-refractivity contribution in [1.29, 1.82) is 0 Å². The van der Waals surface area contributed by atoms with Crippen LogP contribution in [-0.2, 0) is 0 Å². The van der Waals surface area contributed by atoms with E-state index in [0.717, 1.165) is 54.1 Å². The van der Waals surface area contributed by atoms with Crippen LogP contribution in [0.4, 0.5) is 5.69 Å². The number of thioether (sulfide) groups is 1. The predicted molar refractivity (Wildman–Crippen MR) is 123 cm³/mol. The summed E-state index contributed by atoms with van der Waals surface area (Å²) in [5, 5.41) is 3.29. The zero-order chi connectivity index (χ0) is 19.5. The van der Waals surface area contributed by atoms with E-state index in [9.17, 15) is 0 Å². The van der Waals surface area contributed by atoms with Crippen molar-refractivity contribution in [2.24, 2.45) is 0 Å². The van der Waals surface area contributed by atoms with E-state index in [2.05, 4.69) is 46.0 Å². The largest absolute Gasteiger partial charge is 0.368 e. The molecule has 0 aliphatic carbocycles. The number of nitrogens with zero attached hydrogens (tertiary/aromatic N) is 2. The van der Waals surface area contributed by atoms with Crippen molar-refractivity contribution in [1.82, 2.24) is 9.88 Å². The molecule has 4 rings (SSSR count). The number of hydrogen-bond acceptors (Lipinski definition) is 3. The molecule has 1 aliphatic heterocycles. The minimum Gasteiger partial charge on any atom is -0.368 e. The van der Waals surface area contributed by atoms with E-state index < -0.39 is 0 Å². The van der Waals surface area contributed by atoms with Crippen LogP contribution in [0.3, 0.4) is 0 Å². The van der Waals surface area contributed by atoms with Crippen LogP contribution in [0, 0.1) is 0 Å². The molecule has 148 valence electrons. The molecule has 1 atom stereocenters. The van der Waals surface area contributed by atoms with Gasteiger partial charge in [0.25, 0.3) is 0 Å². The Labute approximate surface area is 181 Å². The molecule has 1 aromatic heterocycles. The van der Waals surface area contributed by atoms with Crippen LogP contribution in [0.5, 0.6) is 0 Å². The summed E-state index contributed by atoms with van der Waals surface area (Å²) < 4.78 is 0. The summed E-state index contributed by atoms with van der Waals surface area (Å²) in [5.74, 6) is 0. The number of anilines is 1. The number of fused-ring (bicyclic) bond motifs is 1. The van der Waals surface area contributed by atoms with Gasteiger partial charge in [-0.25, -0.2) is 0 Å². The van der Waals surface area contributed by atoms with E-state index in [1.807, 2.05) is 24.4 Å². The second-order valence-corrected chi connectivity index (χ2v) is 9.58. The zero-order valence-electron chi connectivity index (χ0n) is 16.0. The lowest BCUT2D eigenvalue weighted by Crippen LogP contribution is -2.47. The monoisotopic (exact) mass is 433 g/mol. The fourth-order valence-corrected chi connectivity index (χ4v) is 5.43. The maximum absolute atomic E-state index is 6.31. The van der Waals surface area contributed by atoms with Gasteiger partial charge in [0, 0.05) is 59.1 Å². The quantitative estimate of drug-likeness (QED) is 0.469. The Hall–Kier alpha value is -1.33. The van der Waals surface area contributed by atoms with Gasteiger partial charge >= 0.3 is 0 Å². The van der Waals surface area contributed by atoms with E-state index in [4.69, 9.17) is 23.2 Å². The third kappa shape index (κ3) is 4.46. The van der Waals surface area contributed by atoms with Gasteiger partial charge in [0.2, 0.25) is 0 Å². The van der Waals surface area contributed by atoms with Crippen LogP contribution >= 0.6 is 35.0 Å². The van der Waals surface area contributed by atoms with Crippen molar-refractivity contribution in [2.75, 3.05) is 37.6 Å². The summed E-state index contributed by atoms with van der Waals surface area (Å²) in [5.41, 5.74) is 2.56. The third-order valence-electron chi connectivity index (χ3n) is 5.37. The van der Waals surface area contributed by atoms with Gasteiger partial charge < -0.3 is 9.88 Å². The van der Waals surface area contributed by atoms with Crippen LogP contribution in [0.2, 0.25) is 10.0 Å². The summed E-state index contributed by atoms with van der Waals surface area (Å²) in [6.07, 6.45) is 3.15. The average Bonchev–Trinajstić information content (AvgIpc) is 3.19.